The topological polar surface area (TPSA) is 52.6 Å². The summed E-state index contributed by atoms with van der Waals surface area (Å²) in [6, 6.07) is 7.00. The van der Waals surface area contributed by atoms with Gasteiger partial charge in [-0.15, -0.1) is 0 Å². The van der Waals surface area contributed by atoms with Crippen LogP contribution in [0, 0.1) is 5.92 Å². The maximum Gasteiger partial charge on any atom is 0.321 e. The summed E-state index contributed by atoms with van der Waals surface area (Å²) in [5.74, 6) is -2.27. The Morgan fingerprint density at radius 1 is 1.41 bits per heavy atom. The molecule has 0 N–H and O–H groups in total. The molecule has 17 heavy (non-hydrogen) atoms. The molecule has 2 rings (SSSR count). The van der Waals surface area contributed by atoms with Gasteiger partial charge in [-0.3, -0.25) is 9.59 Å². The minimum atomic E-state index is -0.874. The molecular weight excluding hydrogens is 244 g/mol. The van der Waals surface area contributed by atoms with Gasteiger partial charge in [0.15, 0.2) is 5.92 Å². The van der Waals surface area contributed by atoms with Gasteiger partial charge in [0, 0.05) is 10.9 Å². The van der Waals surface area contributed by atoms with E-state index >= 15 is 0 Å². The van der Waals surface area contributed by atoms with Crippen LogP contribution in [0.2, 0.25) is 5.02 Å². The molecule has 5 heteroatoms. The van der Waals surface area contributed by atoms with Crippen LogP contribution in [0.4, 0.5) is 0 Å². The van der Waals surface area contributed by atoms with Crippen LogP contribution in [0.15, 0.2) is 24.3 Å². The molecule has 90 valence electrons. The highest BCUT2D eigenvalue weighted by Crippen LogP contribution is 2.33. The number of hydrogen-bond acceptors (Lipinski definition) is 4. The number of methoxy groups -OCH3 is 1. The molecular formula is C12H11ClO4. The molecule has 2 atom stereocenters. The Hall–Kier alpha value is -1.55. The molecule has 0 saturated carbocycles. The second-order valence-electron chi connectivity index (χ2n) is 3.79. The van der Waals surface area contributed by atoms with Crippen LogP contribution in [0.3, 0.4) is 0 Å². The highest BCUT2D eigenvalue weighted by atomic mass is 35.5. The molecule has 1 aliphatic rings. The summed E-state index contributed by atoms with van der Waals surface area (Å²) >= 11 is 5.78. The van der Waals surface area contributed by atoms with Crippen molar-refractivity contribution in [3.05, 3.63) is 34.9 Å². The van der Waals surface area contributed by atoms with Gasteiger partial charge in [-0.05, 0) is 17.7 Å². The van der Waals surface area contributed by atoms with Gasteiger partial charge in [0.05, 0.1) is 13.7 Å². The average Bonchev–Trinajstić information content (AvgIpc) is 2.71. The third-order valence-corrected chi connectivity index (χ3v) is 3.07. The fraction of sp³-hybridized carbons (Fsp3) is 0.333. The lowest BCUT2D eigenvalue weighted by atomic mass is 9.89. The van der Waals surface area contributed by atoms with Crippen molar-refractivity contribution in [3.63, 3.8) is 0 Å². The molecule has 4 nitrogen and oxygen atoms in total. The quantitative estimate of drug-likeness (QED) is 0.596. The van der Waals surface area contributed by atoms with E-state index in [0.717, 1.165) is 5.56 Å². The average molecular weight is 255 g/mol. The first-order valence-electron chi connectivity index (χ1n) is 5.13. The molecule has 1 aliphatic heterocycles. The van der Waals surface area contributed by atoms with Crippen LogP contribution in [0.1, 0.15) is 11.5 Å². The number of benzene rings is 1. The maximum absolute atomic E-state index is 11.5. The van der Waals surface area contributed by atoms with Crippen LogP contribution < -0.4 is 0 Å². The Morgan fingerprint density at radius 2 is 2.06 bits per heavy atom. The second kappa shape index (κ2) is 4.75. The SMILES string of the molecule is COC(=O)C1C(=O)OCC1c1ccc(Cl)cc1. The maximum atomic E-state index is 11.5. The first kappa shape index (κ1) is 11.9. The van der Waals surface area contributed by atoms with Crippen molar-refractivity contribution in [3.8, 4) is 0 Å². The van der Waals surface area contributed by atoms with Crippen LogP contribution in [0.25, 0.3) is 0 Å². The zero-order valence-electron chi connectivity index (χ0n) is 9.18. The summed E-state index contributed by atoms with van der Waals surface area (Å²) in [6.07, 6.45) is 0. The molecule has 1 heterocycles. The van der Waals surface area contributed by atoms with E-state index < -0.39 is 17.9 Å². The largest absolute Gasteiger partial charge is 0.468 e. The lowest BCUT2D eigenvalue weighted by Gasteiger charge is -2.13. The van der Waals surface area contributed by atoms with Crippen molar-refractivity contribution in [2.24, 2.45) is 5.92 Å². The molecule has 1 aromatic rings. The van der Waals surface area contributed by atoms with Crippen LogP contribution in [-0.2, 0) is 19.1 Å². The normalized spacial score (nSPS) is 23.3. The zero-order valence-corrected chi connectivity index (χ0v) is 9.94. The third-order valence-electron chi connectivity index (χ3n) is 2.81. The monoisotopic (exact) mass is 254 g/mol. The van der Waals surface area contributed by atoms with Crippen molar-refractivity contribution >= 4 is 23.5 Å². The molecule has 2 unspecified atom stereocenters. The Balaban J connectivity index is 2.28. The van der Waals surface area contributed by atoms with E-state index in [1.165, 1.54) is 7.11 Å². The zero-order chi connectivity index (χ0) is 12.4. The fourth-order valence-electron chi connectivity index (χ4n) is 1.91. The number of esters is 2. The van der Waals surface area contributed by atoms with Gasteiger partial charge in [0.1, 0.15) is 0 Å². The van der Waals surface area contributed by atoms with E-state index in [1.54, 1.807) is 24.3 Å². The molecule has 0 aliphatic carbocycles. The number of hydrogen-bond donors (Lipinski definition) is 0. The van der Waals surface area contributed by atoms with E-state index in [9.17, 15) is 9.59 Å². The van der Waals surface area contributed by atoms with Crippen molar-refractivity contribution in [1.29, 1.82) is 0 Å². The molecule has 0 aromatic heterocycles. The Morgan fingerprint density at radius 3 is 2.65 bits per heavy atom. The van der Waals surface area contributed by atoms with E-state index in [2.05, 4.69) is 4.74 Å². The summed E-state index contributed by atoms with van der Waals surface area (Å²) < 4.78 is 9.53. The minimum absolute atomic E-state index is 0.195. The number of ether oxygens (including phenoxy) is 2. The van der Waals surface area contributed by atoms with E-state index in [1.807, 2.05) is 0 Å². The van der Waals surface area contributed by atoms with E-state index in [-0.39, 0.29) is 12.5 Å². The third kappa shape index (κ3) is 2.26. The molecule has 1 saturated heterocycles. The van der Waals surface area contributed by atoms with Crippen LogP contribution >= 0.6 is 11.6 Å². The Bertz CT molecular complexity index is 440. The first-order valence-corrected chi connectivity index (χ1v) is 5.51. The molecule has 0 radical (unpaired) electrons. The molecule has 1 fully saturated rings. The molecule has 0 spiro atoms. The number of cyclic esters (lactones) is 1. The van der Waals surface area contributed by atoms with Gasteiger partial charge in [-0.2, -0.15) is 0 Å². The minimum Gasteiger partial charge on any atom is -0.468 e. The molecule has 1 aromatic carbocycles. The van der Waals surface area contributed by atoms with Gasteiger partial charge in [0.25, 0.3) is 0 Å². The fourth-order valence-corrected chi connectivity index (χ4v) is 2.03. The summed E-state index contributed by atoms with van der Waals surface area (Å²) in [7, 11) is 1.26. The number of rotatable bonds is 2. The summed E-state index contributed by atoms with van der Waals surface area (Å²) in [5, 5.41) is 0.605. The second-order valence-corrected chi connectivity index (χ2v) is 4.23. The van der Waals surface area contributed by atoms with Gasteiger partial charge < -0.3 is 9.47 Å². The molecule has 0 bridgehead atoms. The van der Waals surface area contributed by atoms with Gasteiger partial charge >= 0.3 is 11.9 Å². The van der Waals surface area contributed by atoms with Crippen molar-refractivity contribution < 1.29 is 19.1 Å². The van der Waals surface area contributed by atoms with Crippen LogP contribution in [0.5, 0.6) is 0 Å². The standard InChI is InChI=1S/C12H11ClO4/c1-16-11(14)10-9(6-17-12(10)15)7-2-4-8(13)5-3-7/h2-5,9-10H,6H2,1H3. The Kier molecular flexibility index (Phi) is 3.33. The summed E-state index contributed by atoms with van der Waals surface area (Å²) in [5.41, 5.74) is 0.843. The van der Waals surface area contributed by atoms with Crippen molar-refractivity contribution in [2.45, 2.75) is 5.92 Å². The lowest BCUT2D eigenvalue weighted by molar-refractivity contribution is -0.154. The Labute approximate surface area is 103 Å². The van der Waals surface area contributed by atoms with Gasteiger partial charge in [0.2, 0.25) is 0 Å². The first-order chi connectivity index (χ1) is 8.13. The highest BCUT2D eigenvalue weighted by Gasteiger charge is 2.43. The smallest absolute Gasteiger partial charge is 0.321 e. The number of carbonyl (C=O) groups excluding carboxylic acids is 2. The van der Waals surface area contributed by atoms with E-state index in [0.29, 0.717) is 5.02 Å². The molecule has 0 amide bonds. The predicted molar refractivity (Wildman–Crippen MR) is 60.7 cm³/mol. The predicted octanol–water partition coefficient (Wildman–Crippen LogP) is 1.77. The highest BCUT2D eigenvalue weighted by molar-refractivity contribution is 6.30. The summed E-state index contributed by atoms with van der Waals surface area (Å²) in [6.45, 7) is 0.195. The number of carbonyl (C=O) groups is 2. The lowest BCUT2D eigenvalue weighted by Crippen LogP contribution is -2.25. The van der Waals surface area contributed by atoms with Crippen LogP contribution in [-0.4, -0.2) is 25.7 Å². The van der Waals surface area contributed by atoms with E-state index in [4.69, 9.17) is 16.3 Å². The number of halogens is 1. The van der Waals surface area contributed by atoms with Crippen molar-refractivity contribution in [2.75, 3.05) is 13.7 Å². The summed E-state index contributed by atoms with van der Waals surface area (Å²) in [4.78, 5) is 23.0. The van der Waals surface area contributed by atoms with Crippen molar-refractivity contribution in [1.82, 2.24) is 0 Å². The van der Waals surface area contributed by atoms with Gasteiger partial charge in [-0.25, -0.2) is 0 Å². The van der Waals surface area contributed by atoms with Gasteiger partial charge in [-0.1, -0.05) is 23.7 Å².